The van der Waals surface area contributed by atoms with E-state index in [0.717, 1.165) is 0 Å². The van der Waals surface area contributed by atoms with E-state index in [9.17, 15) is 0 Å². The van der Waals surface area contributed by atoms with Crippen LogP contribution in [-0.2, 0) is 0 Å². The van der Waals surface area contributed by atoms with Crippen LogP contribution in [0.2, 0.25) is 0 Å². The van der Waals surface area contributed by atoms with E-state index < -0.39 is 0 Å². The Kier molecular flexibility index (Phi) is 18.0. The van der Waals surface area contributed by atoms with E-state index in [0.29, 0.717) is 3.86 Å². The maximum Gasteiger partial charge on any atom is 0.125 e. The van der Waals surface area contributed by atoms with Crippen LogP contribution in [0.15, 0.2) is 0 Å². The minimum absolute atomic E-state index is 0.0612. The molecule has 0 heterocycles. The predicted molar refractivity (Wildman–Crippen MR) is 218 cm³/mol. The number of hydrogen-bond acceptors (Lipinski definition) is 0. The topological polar surface area (TPSA) is 0 Å². The average molecular weight is 1860 g/mol. The van der Waals surface area contributed by atoms with Crippen LogP contribution in [0, 0.1) is 0 Å². The fraction of sp³-hybridized carbons (Fsp3) is 1.00. The molecule has 0 aliphatic carbocycles. The van der Waals surface area contributed by atoms with Gasteiger partial charge in [0.05, 0.1) is 3.86 Å². The Morgan fingerprint density at radius 1 is 0.381 bits per heavy atom. The van der Waals surface area contributed by atoms with E-state index in [1.54, 1.807) is 0 Å². The Balaban J connectivity index is 6.09. The monoisotopic (exact) mass is 1860 g/mol. The third kappa shape index (κ3) is 7.10. The van der Waals surface area contributed by atoms with Crippen LogP contribution < -0.4 is 0 Å². The summed E-state index contributed by atoms with van der Waals surface area (Å²) in [6, 6.07) is 0. The molecule has 0 saturated carbocycles. The van der Waals surface area contributed by atoms with Gasteiger partial charge in [-0.25, -0.2) is 0 Å². The normalized spacial score (nSPS) is 16.0. The summed E-state index contributed by atoms with van der Waals surface area (Å²) in [7, 11) is 0. The molecule has 0 bridgehead atoms. The van der Waals surface area contributed by atoms with Gasteiger partial charge in [0.1, 0.15) is 7.14 Å². The van der Waals surface area contributed by atoms with Gasteiger partial charge in [-0.3, -0.25) is 0 Å². The van der Waals surface area contributed by atoms with Gasteiger partial charge in [-0.15, -0.1) is 0 Å². The van der Waals surface area contributed by atoms with E-state index in [-0.39, 0.29) is 7.14 Å². The third-order valence-electron chi connectivity index (χ3n) is 2.17. The fourth-order valence-electron chi connectivity index (χ4n) is 0.890. The molecule has 0 aromatic rings. The van der Waals surface area contributed by atoms with Crippen LogP contribution >= 0.6 is 316 Å². The second-order valence-electron chi connectivity index (χ2n) is 3.57. The van der Waals surface area contributed by atoms with Gasteiger partial charge in [-0.1, -0.05) is 316 Å². The molecule has 0 fully saturated rings. The molecular formula is C7H2I14. The zero-order chi connectivity index (χ0) is 17.7. The minimum Gasteiger partial charge on any atom is -0.0686 e. The molecule has 0 atom stereocenters. The van der Waals surface area contributed by atoms with Crippen molar-refractivity contribution in [2.24, 2.45) is 0 Å². The lowest BCUT2D eigenvalue weighted by molar-refractivity contribution is 0.734. The Hall–Kier alpha value is 10.2. The van der Waals surface area contributed by atoms with E-state index in [1.807, 2.05) is 0 Å². The van der Waals surface area contributed by atoms with Crippen molar-refractivity contribution < 1.29 is 0 Å². The van der Waals surface area contributed by atoms with Gasteiger partial charge in [0.15, 0.2) is 0 Å². The highest BCUT2D eigenvalue weighted by molar-refractivity contribution is 14.2. The highest BCUT2D eigenvalue weighted by Crippen LogP contribution is 2.74. The molecule has 0 spiro atoms. The lowest BCUT2D eigenvalue weighted by atomic mass is 10.1. The Bertz CT molecular complexity index is 334. The first-order chi connectivity index (χ1) is 8.89. The quantitative estimate of drug-likeness (QED) is 0.184. The molecule has 0 saturated heterocycles. The summed E-state index contributed by atoms with van der Waals surface area (Å²) in [6.07, 6.45) is 0. The molecule has 0 aliphatic rings. The first kappa shape index (κ1) is 31.2. The molecule has 0 N–H and O–H groups in total. The second-order valence-corrected chi connectivity index (χ2v) is 40.2. The first-order valence-electron chi connectivity index (χ1n) is 4.34. The molecule has 128 valence electrons. The van der Waals surface area contributed by atoms with Crippen LogP contribution in [0.1, 0.15) is 0 Å². The number of hydrogen-bond donors (Lipinski definition) is 0. The first-order valence-corrected chi connectivity index (χ1v) is 20.1. The molecule has 0 rings (SSSR count). The van der Waals surface area contributed by atoms with Crippen molar-refractivity contribution in [3.8, 4) is 0 Å². The summed E-state index contributed by atoms with van der Waals surface area (Å²) in [5.74, 6) is 0. The van der Waals surface area contributed by atoms with Crippen molar-refractivity contribution >= 4 is 316 Å². The predicted octanol–water partition coefficient (Wildman–Crippen LogP) is 11.2. The van der Waals surface area contributed by atoms with Gasteiger partial charge in [-0.05, 0) is 0 Å². The van der Waals surface area contributed by atoms with Gasteiger partial charge in [0, 0.05) is 0 Å². The Morgan fingerprint density at radius 2 is 0.571 bits per heavy atom. The van der Waals surface area contributed by atoms with Gasteiger partial charge >= 0.3 is 0 Å². The largest absolute Gasteiger partial charge is 0.125 e. The van der Waals surface area contributed by atoms with Crippen molar-refractivity contribution in [2.45, 2.75) is 11.0 Å². The van der Waals surface area contributed by atoms with Crippen molar-refractivity contribution in [1.82, 2.24) is 0 Å². The van der Waals surface area contributed by atoms with Crippen LogP contribution in [-0.4, -0.2) is 11.0 Å². The summed E-state index contributed by atoms with van der Waals surface area (Å²) >= 11 is 37.0. The van der Waals surface area contributed by atoms with Gasteiger partial charge in [0.2, 0.25) is 0 Å². The van der Waals surface area contributed by atoms with Crippen molar-refractivity contribution in [3.05, 3.63) is 0 Å². The third-order valence-corrected chi connectivity index (χ3v) is 47.6. The van der Waals surface area contributed by atoms with Crippen LogP contribution in [0.3, 0.4) is 0 Å². The van der Waals surface area contributed by atoms with Gasteiger partial charge in [-0.2, -0.15) is 0 Å². The molecule has 0 radical (unpaired) electrons. The maximum absolute atomic E-state index is 2.70. The van der Waals surface area contributed by atoms with Crippen LogP contribution in [0.25, 0.3) is 0 Å². The molecule has 14 heteroatoms. The van der Waals surface area contributed by atoms with Crippen molar-refractivity contribution in [3.63, 3.8) is 0 Å². The van der Waals surface area contributed by atoms with Crippen molar-refractivity contribution in [2.75, 3.05) is 0 Å². The van der Waals surface area contributed by atoms with E-state index in [2.05, 4.69) is 316 Å². The van der Waals surface area contributed by atoms with E-state index in [1.165, 1.54) is 0 Å². The number of rotatable bonds is 6. The van der Waals surface area contributed by atoms with Crippen molar-refractivity contribution in [1.29, 1.82) is 0 Å². The fourth-order valence-corrected chi connectivity index (χ4v) is 19.9. The van der Waals surface area contributed by atoms with Crippen LogP contribution in [0.4, 0.5) is 0 Å². The lowest BCUT2D eigenvalue weighted by Gasteiger charge is -2.53. The van der Waals surface area contributed by atoms with Gasteiger partial charge < -0.3 is 0 Å². The van der Waals surface area contributed by atoms with Crippen LogP contribution in [0.5, 0.6) is 0 Å². The second kappa shape index (κ2) is 12.1. The molecule has 21 heavy (non-hydrogen) atoms. The number of halogens is 14. The van der Waals surface area contributed by atoms with Gasteiger partial charge in [0.25, 0.3) is 0 Å². The Labute approximate surface area is 317 Å². The SMILES string of the molecule is IC(I)C(I)(I)C(I)(I)C(I)(I)C(I)(I)C(I)(I)C(I)I. The molecule has 0 aromatic carbocycles. The summed E-state index contributed by atoms with van der Waals surface area (Å²) in [4.78, 5) is 0. The van der Waals surface area contributed by atoms with E-state index in [4.69, 9.17) is 0 Å². The summed E-state index contributed by atoms with van der Waals surface area (Å²) < 4.78 is 1.60. The summed E-state index contributed by atoms with van der Waals surface area (Å²) in [5.41, 5.74) is 0. The maximum atomic E-state index is 2.70. The summed E-state index contributed by atoms with van der Waals surface area (Å²) in [6.45, 7) is 0. The molecule has 0 aromatic heterocycles. The zero-order valence-corrected chi connectivity index (χ0v) is 39.2. The molecule has 0 amide bonds. The molecule has 0 nitrogen and oxygen atoms in total. The molecule has 0 aliphatic heterocycles. The summed E-state index contributed by atoms with van der Waals surface area (Å²) in [5, 5.41) is 0. The highest BCUT2D eigenvalue weighted by atomic mass is 127. The molecule has 0 unspecified atom stereocenters. The lowest BCUT2D eigenvalue weighted by Crippen LogP contribution is -2.62. The van der Waals surface area contributed by atoms with E-state index >= 15 is 0 Å². The standard InChI is InChI=1S/C7H2I14/c8-1(9)3(12,13)5(16,17)7(20,21)6(18,19)4(14,15)2(10)11/h1-2H. The zero-order valence-electron chi connectivity index (χ0n) is 8.95. The Morgan fingerprint density at radius 3 is 0.714 bits per heavy atom. The minimum atomic E-state index is 0.0612. The molecular weight excluding hydrogens is 1860 g/mol. The average Bonchev–Trinajstić information content (AvgIpc) is 2.27. The number of alkyl halides is 14. The smallest absolute Gasteiger partial charge is 0.0686 e. The highest BCUT2D eigenvalue weighted by Gasteiger charge is 2.71.